The van der Waals surface area contributed by atoms with E-state index in [-0.39, 0.29) is 11.9 Å². The summed E-state index contributed by atoms with van der Waals surface area (Å²) in [7, 11) is 0. The van der Waals surface area contributed by atoms with Gasteiger partial charge in [-0.3, -0.25) is 19.9 Å². The Morgan fingerprint density at radius 2 is 1.90 bits per heavy atom. The Morgan fingerprint density at radius 3 is 2.50 bits per heavy atom. The number of hydrogen-bond donors (Lipinski definition) is 3. The number of likely N-dealkylation sites (tertiary alicyclic amines) is 1. The fourth-order valence-electron chi connectivity index (χ4n) is 2.62. The van der Waals surface area contributed by atoms with Crippen molar-refractivity contribution < 1.29 is 9.59 Å². The molecule has 2 heterocycles. The van der Waals surface area contributed by atoms with Gasteiger partial charge in [-0.25, -0.2) is 4.79 Å². The van der Waals surface area contributed by atoms with Crippen molar-refractivity contribution in [2.75, 3.05) is 45.8 Å². The van der Waals surface area contributed by atoms with Crippen LogP contribution in [0.2, 0.25) is 0 Å². The molecule has 2 rings (SSSR count). The highest BCUT2D eigenvalue weighted by Gasteiger charge is 2.33. The van der Waals surface area contributed by atoms with Crippen molar-refractivity contribution in [2.24, 2.45) is 0 Å². The Kier molecular flexibility index (Phi) is 5.33. The van der Waals surface area contributed by atoms with Crippen LogP contribution in [-0.2, 0) is 4.79 Å². The summed E-state index contributed by atoms with van der Waals surface area (Å²) in [5.74, 6) is -0.234. The lowest BCUT2D eigenvalue weighted by atomic mass is 10.1. The molecule has 0 radical (unpaired) electrons. The van der Waals surface area contributed by atoms with Crippen molar-refractivity contribution in [3.8, 4) is 0 Å². The van der Waals surface area contributed by atoms with Crippen LogP contribution in [-0.4, -0.2) is 79.6 Å². The van der Waals surface area contributed by atoms with E-state index in [1.807, 2.05) is 13.8 Å². The fraction of sp³-hybridized carbons (Fsp3) is 0.846. The zero-order chi connectivity index (χ0) is 14.5. The topological polar surface area (TPSA) is 76.7 Å². The minimum atomic E-state index is -0.413. The van der Waals surface area contributed by atoms with Crippen LogP contribution in [0.5, 0.6) is 0 Å². The zero-order valence-electron chi connectivity index (χ0n) is 12.3. The van der Waals surface area contributed by atoms with E-state index >= 15 is 0 Å². The molecular weight excluding hydrogens is 258 g/mol. The van der Waals surface area contributed by atoms with Gasteiger partial charge in [0.2, 0.25) is 5.91 Å². The predicted molar refractivity (Wildman–Crippen MR) is 76.5 cm³/mol. The van der Waals surface area contributed by atoms with Gasteiger partial charge >= 0.3 is 6.03 Å². The predicted octanol–water partition coefficient (Wildman–Crippen LogP) is -1.19. The molecule has 0 atom stereocenters. The van der Waals surface area contributed by atoms with Crippen LogP contribution in [0.15, 0.2) is 0 Å². The average Bonchev–Trinajstić information content (AvgIpc) is 2.33. The molecular formula is C13H25N5O2. The van der Waals surface area contributed by atoms with Gasteiger partial charge in [0.05, 0.1) is 6.54 Å². The lowest BCUT2D eigenvalue weighted by Crippen LogP contribution is -2.64. The summed E-state index contributed by atoms with van der Waals surface area (Å²) < 4.78 is 0. The Balaban J connectivity index is 1.61. The van der Waals surface area contributed by atoms with E-state index in [4.69, 9.17) is 0 Å². The molecule has 0 aliphatic carbocycles. The fourth-order valence-corrected chi connectivity index (χ4v) is 2.62. The van der Waals surface area contributed by atoms with Gasteiger partial charge in [0.25, 0.3) is 0 Å². The quantitative estimate of drug-likeness (QED) is 0.605. The number of imide groups is 1. The van der Waals surface area contributed by atoms with Crippen LogP contribution in [0.25, 0.3) is 0 Å². The minimum absolute atomic E-state index is 0.0314. The Bertz CT molecular complexity index is 349. The van der Waals surface area contributed by atoms with Crippen molar-refractivity contribution in [1.82, 2.24) is 25.8 Å². The summed E-state index contributed by atoms with van der Waals surface area (Å²) in [5, 5.41) is 8.32. The van der Waals surface area contributed by atoms with Gasteiger partial charge in [0, 0.05) is 51.4 Å². The molecule has 2 fully saturated rings. The average molecular weight is 283 g/mol. The first-order valence-electron chi connectivity index (χ1n) is 7.32. The Labute approximate surface area is 120 Å². The molecule has 20 heavy (non-hydrogen) atoms. The number of piperazine rings is 1. The second-order valence-electron chi connectivity index (χ2n) is 5.81. The van der Waals surface area contributed by atoms with Gasteiger partial charge in [0.1, 0.15) is 0 Å². The van der Waals surface area contributed by atoms with E-state index in [1.54, 1.807) is 0 Å². The summed E-state index contributed by atoms with van der Waals surface area (Å²) in [6.45, 7) is 10.1. The molecule has 2 saturated heterocycles. The van der Waals surface area contributed by atoms with Crippen LogP contribution in [0.3, 0.4) is 0 Å². The third kappa shape index (κ3) is 4.43. The van der Waals surface area contributed by atoms with Gasteiger partial charge in [-0.2, -0.15) is 0 Å². The van der Waals surface area contributed by atoms with E-state index < -0.39 is 6.03 Å². The van der Waals surface area contributed by atoms with E-state index in [0.717, 1.165) is 39.3 Å². The third-order valence-electron chi connectivity index (χ3n) is 3.65. The van der Waals surface area contributed by atoms with Crippen LogP contribution in [0.1, 0.15) is 13.8 Å². The standard InChI is InChI=1S/C13H25N5O2/c1-10(2)15-13(20)16-12(19)9-17-7-11(8-17)18-5-3-14-4-6-18/h10-11,14H,3-9H2,1-2H3,(H2,15,16,19,20). The highest BCUT2D eigenvalue weighted by atomic mass is 16.2. The first kappa shape index (κ1) is 15.2. The number of carbonyl (C=O) groups excluding carboxylic acids is 2. The number of carbonyl (C=O) groups is 2. The summed E-state index contributed by atoms with van der Waals surface area (Å²) in [5.41, 5.74) is 0. The normalized spacial score (nSPS) is 21.6. The van der Waals surface area contributed by atoms with Gasteiger partial charge < -0.3 is 10.6 Å². The number of amides is 3. The Morgan fingerprint density at radius 1 is 1.25 bits per heavy atom. The maximum absolute atomic E-state index is 11.7. The SMILES string of the molecule is CC(C)NC(=O)NC(=O)CN1CC(N2CCNCC2)C1. The smallest absolute Gasteiger partial charge is 0.321 e. The summed E-state index contributed by atoms with van der Waals surface area (Å²) >= 11 is 0. The molecule has 3 amide bonds. The number of nitrogens with zero attached hydrogens (tertiary/aromatic N) is 2. The molecule has 3 N–H and O–H groups in total. The molecule has 2 aliphatic rings. The van der Waals surface area contributed by atoms with Crippen molar-refractivity contribution in [2.45, 2.75) is 25.9 Å². The maximum atomic E-state index is 11.7. The van der Waals surface area contributed by atoms with E-state index in [9.17, 15) is 9.59 Å². The van der Waals surface area contributed by atoms with Gasteiger partial charge in [-0.15, -0.1) is 0 Å². The monoisotopic (exact) mass is 283 g/mol. The highest BCUT2D eigenvalue weighted by Crippen LogP contribution is 2.14. The first-order chi connectivity index (χ1) is 9.54. The third-order valence-corrected chi connectivity index (χ3v) is 3.65. The highest BCUT2D eigenvalue weighted by molar-refractivity contribution is 5.95. The molecule has 7 heteroatoms. The van der Waals surface area contributed by atoms with Gasteiger partial charge in [0.15, 0.2) is 0 Å². The van der Waals surface area contributed by atoms with Gasteiger partial charge in [-0.1, -0.05) is 0 Å². The van der Waals surface area contributed by atoms with E-state index in [0.29, 0.717) is 12.6 Å². The first-order valence-corrected chi connectivity index (χ1v) is 7.32. The number of urea groups is 1. The molecule has 0 aromatic heterocycles. The van der Waals surface area contributed by atoms with Crippen LogP contribution >= 0.6 is 0 Å². The Hall–Kier alpha value is -1.18. The molecule has 114 valence electrons. The zero-order valence-corrected chi connectivity index (χ0v) is 12.3. The number of hydrogen-bond acceptors (Lipinski definition) is 5. The van der Waals surface area contributed by atoms with Crippen molar-refractivity contribution in [1.29, 1.82) is 0 Å². The molecule has 0 aromatic rings. The van der Waals surface area contributed by atoms with Crippen molar-refractivity contribution in [3.05, 3.63) is 0 Å². The molecule has 2 aliphatic heterocycles. The molecule has 0 unspecified atom stereocenters. The molecule has 7 nitrogen and oxygen atoms in total. The largest absolute Gasteiger partial charge is 0.336 e. The van der Waals surface area contributed by atoms with Crippen LogP contribution in [0.4, 0.5) is 4.79 Å². The lowest BCUT2D eigenvalue weighted by Gasteiger charge is -2.46. The molecule has 0 saturated carbocycles. The summed E-state index contributed by atoms with van der Waals surface area (Å²) in [6.07, 6.45) is 0. The van der Waals surface area contributed by atoms with E-state index in [2.05, 4.69) is 25.8 Å². The van der Waals surface area contributed by atoms with E-state index in [1.165, 1.54) is 0 Å². The van der Waals surface area contributed by atoms with Crippen molar-refractivity contribution >= 4 is 11.9 Å². The second-order valence-corrected chi connectivity index (χ2v) is 5.81. The maximum Gasteiger partial charge on any atom is 0.321 e. The minimum Gasteiger partial charge on any atom is -0.336 e. The van der Waals surface area contributed by atoms with Crippen LogP contribution in [0, 0.1) is 0 Å². The van der Waals surface area contributed by atoms with Crippen LogP contribution < -0.4 is 16.0 Å². The number of nitrogens with one attached hydrogen (secondary N) is 3. The van der Waals surface area contributed by atoms with Crippen molar-refractivity contribution in [3.63, 3.8) is 0 Å². The summed E-state index contributed by atoms with van der Waals surface area (Å²) in [6, 6.07) is 0.183. The van der Waals surface area contributed by atoms with Gasteiger partial charge in [-0.05, 0) is 13.8 Å². The molecule has 0 bridgehead atoms. The lowest BCUT2D eigenvalue weighted by molar-refractivity contribution is -0.123. The molecule has 0 spiro atoms. The second kappa shape index (κ2) is 7.01. The summed E-state index contributed by atoms with van der Waals surface area (Å²) in [4.78, 5) is 27.6. The number of rotatable bonds is 4. The molecule has 0 aromatic carbocycles.